The van der Waals surface area contributed by atoms with E-state index in [0.717, 1.165) is 15.8 Å². The predicted molar refractivity (Wildman–Crippen MR) is 101 cm³/mol. The van der Waals surface area contributed by atoms with Crippen molar-refractivity contribution in [2.24, 2.45) is 0 Å². The van der Waals surface area contributed by atoms with Crippen molar-refractivity contribution in [1.82, 2.24) is 0 Å². The lowest BCUT2D eigenvalue weighted by molar-refractivity contribution is 0.0438. The first-order valence-electron chi connectivity index (χ1n) is 8.24. The molecule has 0 radical (unpaired) electrons. The second-order valence-corrected chi connectivity index (χ2v) is 6.48. The minimum absolute atomic E-state index is 0.0316. The second-order valence-electron chi connectivity index (χ2n) is 5.43. The molecule has 0 aliphatic carbocycles. The molecule has 6 heteroatoms. The van der Waals surface area contributed by atoms with Gasteiger partial charge in [0, 0.05) is 29.2 Å². The van der Waals surface area contributed by atoms with Crippen LogP contribution >= 0.6 is 11.8 Å². The van der Waals surface area contributed by atoms with Crippen molar-refractivity contribution in [3.05, 3.63) is 59.9 Å². The molecule has 0 aliphatic heterocycles. The van der Waals surface area contributed by atoms with E-state index in [2.05, 4.69) is 0 Å². The molecule has 2 aromatic carbocycles. The number of hydrogen-bond donors (Lipinski definition) is 0. The maximum absolute atomic E-state index is 12.6. The lowest BCUT2D eigenvalue weighted by atomic mass is 10.0. The van der Waals surface area contributed by atoms with Crippen molar-refractivity contribution in [1.29, 1.82) is 0 Å². The molecule has 0 atom stereocenters. The number of carbonyl (C=O) groups is 1. The highest BCUT2D eigenvalue weighted by molar-refractivity contribution is 7.98. The number of furan rings is 1. The highest BCUT2D eigenvalue weighted by Gasteiger charge is 2.23. The number of rotatable bonds is 8. The van der Waals surface area contributed by atoms with E-state index in [-0.39, 0.29) is 13.4 Å². The first-order chi connectivity index (χ1) is 12.7. The highest BCUT2D eigenvalue weighted by atomic mass is 32.2. The smallest absolute Gasteiger partial charge is 0.342 e. The molecule has 0 amide bonds. The lowest BCUT2D eigenvalue weighted by Gasteiger charge is -2.15. The van der Waals surface area contributed by atoms with Crippen molar-refractivity contribution in [3.63, 3.8) is 0 Å². The molecule has 136 valence electrons. The van der Waals surface area contributed by atoms with Crippen molar-refractivity contribution < 1.29 is 23.4 Å². The number of benzene rings is 2. The van der Waals surface area contributed by atoms with Crippen LogP contribution in [0.5, 0.6) is 5.75 Å². The van der Waals surface area contributed by atoms with Gasteiger partial charge in [0.15, 0.2) is 6.79 Å². The van der Waals surface area contributed by atoms with Crippen molar-refractivity contribution in [2.45, 2.75) is 17.6 Å². The molecule has 0 saturated heterocycles. The highest BCUT2D eigenvalue weighted by Crippen LogP contribution is 2.36. The molecule has 5 nitrogen and oxygen atoms in total. The zero-order valence-electron chi connectivity index (χ0n) is 14.7. The van der Waals surface area contributed by atoms with Gasteiger partial charge in [-0.05, 0) is 30.7 Å². The molecule has 0 fully saturated rings. The standard InChI is InChI=1S/C20H20O5S/c1-3-23-20(21)19-16(12-26-14-7-5-4-6-8-14)15-9-10-24-17(15)11-18(19)25-13-22-2/h4-11H,3,12-13H2,1-2H3. The Bertz CT molecular complexity index is 873. The molecule has 0 saturated carbocycles. The summed E-state index contributed by atoms with van der Waals surface area (Å²) >= 11 is 1.64. The summed E-state index contributed by atoms with van der Waals surface area (Å²) in [6.45, 7) is 2.10. The van der Waals surface area contributed by atoms with Gasteiger partial charge in [0.1, 0.15) is 16.9 Å². The topological polar surface area (TPSA) is 57.9 Å². The van der Waals surface area contributed by atoms with Gasteiger partial charge >= 0.3 is 5.97 Å². The Balaban J connectivity index is 2.05. The Hall–Kier alpha value is -2.44. The summed E-state index contributed by atoms with van der Waals surface area (Å²) in [4.78, 5) is 13.8. The minimum atomic E-state index is -0.412. The Morgan fingerprint density at radius 3 is 2.73 bits per heavy atom. The van der Waals surface area contributed by atoms with Crippen LogP contribution in [0.2, 0.25) is 0 Å². The van der Waals surface area contributed by atoms with Gasteiger partial charge in [-0.2, -0.15) is 0 Å². The first-order valence-corrected chi connectivity index (χ1v) is 9.23. The number of fused-ring (bicyclic) bond motifs is 1. The summed E-state index contributed by atoms with van der Waals surface area (Å²) in [5.41, 5.74) is 1.91. The maximum Gasteiger partial charge on any atom is 0.342 e. The summed E-state index contributed by atoms with van der Waals surface area (Å²) in [5, 5.41) is 0.876. The number of esters is 1. The molecule has 0 unspecified atom stereocenters. The lowest BCUT2D eigenvalue weighted by Crippen LogP contribution is -2.12. The molecular formula is C20H20O5S. The summed E-state index contributed by atoms with van der Waals surface area (Å²) < 4.78 is 21.4. The number of carbonyl (C=O) groups excluding carboxylic acids is 1. The molecule has 0 spiro atoms. The maximum atomic E-state index is 12.6. The Kier molecular flexibility index (Phi) is 6.20. The number of ether oxygens (including phenoxy) is 3. The van der Waals surface area contributed by atoms with Crippen LogP contribution in [0.15, 0.2) is 58.0 Å². The van der Waals surface area contributed by atoms with E-state index in [4.69, 9.17) is 18.6 Å². The van der Waals surface area contributed by atoms with Crippen molar-refractivity contribution >= 4 is 28.7 Å². The summed E-state index contributed by atoms with van der Waals surface area (Å²) in [6.07, 6.45) is 1.61. The normalized spacial score (nSPS) is 10.8. The average molecular weight is 372 g/mol. The zero-order chi connectivity index (χ0) is 18.4. The number of hydrogen-bond acceptors (Lipinski definition) is 6. The molecule has 0 aliphatic rings. The quantitative estimate of drug-likeness (QED) is 0.319. The van der Waals surface area contributed by atoms with Gasteiger partial charge in [-0.15, -0.1) is 11.8 Å². The summed E-state index contributed by atoms with van der Waals surface area (Å²) in [5.74, 6) is 0.569. The molecule has 3 aromatic rings. The number of thioether (sulfide) groups is 1. The summed E-state index contributed by atoms with van der Waals surface area (Å²) in [7, 11) is 1.53. The van der Waals surface area contributed by atoms with Crippen molar-refractivity contribution in [3.8, 4) is 5.75 Å². The predicted octanol–water partition coefficient (Wildman–Crippen LogP) is 4.88. The van der Waals surface area contributed by atoms with Crippen molar-refractivity contribution in [2.75, 3.05) is 20.5 Å². The first kappa shape index (κ1) is 18.4. The van der Waals surface area contributed by atoms with Crippen LogP contribution in [0.1, 0.15) is 22.8 Å². The third-order valence-corrected chi connectivity index (χ3v) is 4.81. The van der Waals surface area contributed by atoms with Gasteiger partial charge in [-0.25, -0.2) is 4.79 Å². The van der Waals surface area contributed by atoms with Gasteiger partial charge in [-0.3, -0.25) is 0 Å². The Morgan fingerprint density at radius 2 is 2.00 bits per heavy atom. The zero-order valence-corrected chi connectivity index (χ0v) is 15.5. The second kappa shape index (κ2) is 8.78. The van der Waals surface area contributed by atoms with E-state index in [1.165, 1.54) is 7.11 Å². The molecule has 1 heterocycles. The molecule has 1 aromatic heterocycles. The largest absolute Gasteiger partial charge is 0.467 e. The van der Waals surface area contributed by atoms with Crippen LogP contribution in [0, 0.1) is 0 Å². The van der Waals surface area contributed by atoms with E-state index in [9.17, 15) is 4.79 Å². The van der Waals surface area contributed by atoms with Crippen LogP contribution in [0.3, 0.4) is 0 Å². The number of methoxy groups -OCH3 is 1. The van der Waals surface area contributed by atoms with E-state index in [0.29, 0.717) is 22.6 Å². The summed E-state index contributed by atoms with van der Waals surface area (Å²) in [6, 6.07) is 13.6. The Labute approximate surface area is 156 Å². The van der Waals surface area contributed by atoms with Gasteiger partial charge in [0.25, 0.3) is 0 Å². The molecule has 0 N–H and O–H groups in total. The average Bonchev–Trinajstić information content (AvgIpc) is 3.13. The van der Waals surface area contributed by atoms with Gasteiger partial charge in [-0.1, -0.05) is 18.2 Å². The van der Waals surface area contributed by atoms with E-state index < -0.39 is 5.97 Å². The fourth-order valence-electron chi connectivity index (χ4n) is 2.64. The Morgan fingerprint density at radius 1 is 1.19 bits per heavy atom. The molecule has 0 bridgehead atoms. The van der Waals surface area contributed by atoms with E-state index in [1.807, 2.05) is 36.4 Å². The van der Waals surface area contributed by atoms with Crippen LogP contribution in [0.4, 0.5) is 0 Å². The third-order valence-electron chi connectivity index (χ3n) is 3.77. The van der Waals surface area contributed by atoms with E-state index in [1.54, 1.807) is 31.0 Å². The van der Waals surface area contributed by atoms with Gasteiger partial charge in [0.2, 0.25) is 0 Å². The molecule has 26 heavy (non-hydrogen) atoms. The minimum Gasteiger partial charge on any atom is -0.467 e. The van der Waals surface area contributed by atoms with Crippen LogP contribution < -0.4 is 4.74 Å². The van der Waals surface area contributed by atoms with Crippen LogP contribution in [0.25, 0.3) is 11.0 Å². The van der Waals surface area contributed by atoms with E-state index >= 15 is 0 Å². The SMILES string of the molecule is CCOC(=O)c1c(OCOC)cc2occc2c1CSc1ccccc1. The van der Waals surface area contributed by atoms with Gasteiger partial charge in [0.05, 0.1) is 12.9 Å². The molecule has 3 rings (SSSR count). The van der Waals surface area contributed by atoms with Gasteiger partial charge < -0.3 is 18.6 Å². The fraction of sp³-hybridized carbons (Fsp3) is 0.250. The fourth-order valence-corrected chi connectivity index (χ4v) is 3.60. The monoisotopic (exact) mass is 372 g/mol. The molecular weight excluding hydrogens is 352 g/mol. The third kappa shape index (κ3) is 4.03. The van der Waals surface area contributed by atoms with Crippen LogP contribution in [-0.2, 0) is 15.2 Å². The van der Waals surface area contributed by atoms with Crippen LogP contribution in [-0.4, -0.2) is 26.5 Å².